The number of rotatable bonds is 2. The summed E-state index contributed by atoms with van der Waals surface area (Å²) in [5, 5.41) is 0. The highest BCUT2D eigenvalue weighted by Crippen LogP contribution is 2.29. The molecule has 2 fully saturated rings. The average molecular weight is 168 g/mol. The standard InChI is InChI=1S/C10H20N2/c1-8(2)5-12-7-9-4-10(12)6-11(9)3/h8-10H,4-7H2,1-3H3/t9-,10-/m0/s1. The van der Waals surface area contributed by atoms with Crippen molar-refractivity contribution in [3.8, 4) is 0 Å². The van der Waals surface area contributed by atoms with Gasteiger partial charge in [-0.15, -0.1) is 0 Å². The van der Waals surface area contributed by atoms with E-state index in [1.54, 1.807) is 0 Å². The predicted octanol–water partition coefficient (Wildman–Crippen LogP) is 1.03. The molecule has 2 heteroatoms. The van der Waals surface area contributed by atoms with E-state index in [1.807, 2.05) is 0 Å². The second-order valence-electron chi connectivity index (χ2n) is 4.83. The van der Waals surface area contributed by atoms with Gasteiger partial charge in [-0.05, 0) is 19.4 Å². The van der Waals surface area contributed by atoms with Crippen molar-refractivity contribution in [2.75, 3.05) is 26.7 Å². The van der Waals surface area contributed by atoms with E-state index in [2.05, 4.69) is 30.7 Å². The van der Waals surface area contributed by atoms with Crippen LogP contribution in [0.15, 0.2) is 0 Å². The topological polar surface area (TPSA) is 6.48 Å². The molecule has 0 radical (unpaired) electrons. The van der Waals surface area contributed by atoms with Crippen molar-refractivity contribution in [2.24, 2.45) is 5.92 Å². The molecule has 12 heavy (non-hydrogen) atoms. The lowest BCUT2D eigenvalue weighted by Crippen LogP contribution is -2.45. The quantitative estimate of drug-likeness (QED) is 0.607. The Balaban J connectivity index is 1.90. The molecule has 70 valence electrons. The van der Waals surface area contributed by atoms with Gasteiger partial charge in [0.05, 0.1) is 0 Å². The van der Waals surface area contributed by atoms with Crippen molar-refractivity contribution in [1.82, 2.24) is 9.80 Å². The summed E-state index contributed by atoms with van der Waals surface area (Å²) in [4.78, 5) is 5.19. The minimum Gasteiger partial charge on any atom is -0.301 e. The number of likely N-dealkylation sites (tertiary alicyclic amines) is 2. The van der Waals surface area contributed by atoms with Crippen LogP contribution in [0.5, 0.6) is 0 Å². The van der Waals surface area contributed by atoms with E-state index in [-0.39, 0.29) is 0 Å². The molecule has 0 aliphatic carbocycles. The fourth-order valence-corrected chi connectivity index (χ4v) is 2.64. The summed E-state index contributed by atoms with van der Waals surface area (Å²) in [5.74, 6) is 0.828. The van der Waals surface area contributed by atoms with Crippen LogP contribution in [0.25, 0.3) is 0 Å². The van der Waals surface area contributed by atoms with Crippen LogP contribution < -0.4 is 0 Å². The highest BCUT2D eigenvalue weighted by Gasteiger charge is 2.40. The van der Waals surface area contributed by atoms with Crippen molar-refractivity contribution in [1.29, 1.82) is 0 Å². The van der Waals surface area contributed by atoms with E-state index in [0.29, 0.717) is 0 Å². The Hall–Kier alpha value is -0.0800. The summed E-state index contributed by atoms with van der Waals surface area (Å²) in [6.45, 7) is 8.55. The maximum atomic E-state index is 2.68. The minimum absolute atomic E-state index is 0.828. The normalized spacial score (nSPS) is 37.0. The van der Waals surface area contributed by atoms with E-state index in [1.165, 1.54) is 26.1 Å². The molecule has 0 amide bonds. The Kier molecular flexibility index (Phi) is 2.13. The molecule has 2 heterocycles. The van der Waals surface area contributed by atoms with E-state index >= 15 is 0 Å². The third-order valence-corrected chi connectivity index (χ3v) is 3.23. The summed E-state index contributed by atoms with van der Waals surface area (Å²) in [6, 6.07) is 1.75. The molecule has 0 aromatic rings. The van der Waals surface area contributed by atoms with Crippen LogP contribution in [0, 0.1) is 5.92 Å². The van der Waals surface area contributed by atoms with Crippen LogP contribution in [0.4, 0.5) is 0 Å². The molecule has 0 spiro atoms. The van der Waals surface area contributed by atoms with Crippen molar-refractivity contribution in [2.45, 2.75) is 32.4 Å². The summed E-state index contributed by atoms with van der Waals surface area (Å²) >= 11 is 0. The lowest BCUT2D eigenvalue weighted by molar-refractivity contribution is 0.137. The lowest BCUT2D eigenvalue weighted by atomic mass is 10.2. The summed E-state index contributed by atoms with van der Waals surface area (Å²) in [6.07, 6.45) is 1.42. The molecular weight excluding hydrogens is 148 g/mol. The first-order valence-corrected chi connectivity index (χ1v) is 5.11. The zero-order valence-electron chi connectivity index (χ0n) is 8.45. The Morgan fingerprint density at radius 1 is 1.25 bits per heavy atom. The monoisotopic (exact) mass is 168 g/mol. The van der Waals surface area contributed by atoms with E-state index in [9.17, 15) is 0 Å². The smallest absolute Gasteiger partial charge is 0.0239 e. The molecule has 0 N–H and O–H groups in total. The van der Waals surface area contributed by atoms with E-state index < -0.39 is 0 Å². The van der Waals surface area contributed by atoms with Crippen LogP contribution in [0.2, 0.25) is 0 Å². The SMILES string of the molecule is CC(C)CN1C[C@@H]2C[C@H]1CN2C. The molecule has 0 aromatic carbocycles. The van der Waals surface area contributed by atoms with E-state index in [4.69, 9.17) is 0 Å². The van der Waals surface area contributed by atoms with Gasteiger partial charge in [-0.3, -0.25) is 4.90 Å². The van der Waals surface area contributed by atoms with Gasteiger partial charge < -0.3 is 4.90 Å². The maximum absolute atomic E-state index is 2.68. The fraction of sp³-hybridized carbons (Fsp3) is 1.00. The Morgan fingerprint density at radius 3 is 2.42 bits per heavy atom. The summed E-state index contributed by atoms with van der Waals surface area (Å²) in [7, 11) is 2.26. The highest BCUT2D eigenvalue weighted by molar-refractivity contribution is 4.98. The van der Waals surface area contributed by atoms with Gasteiger partial charge in [0.15, 0.2) is 0 Å². The maximum Gasteiger partial charge on any atom is 0.0239 e. The van der Waals surface area contributed by atoms with Crippen LogP contribution in [0.3, 0.4) is 0 Å². The molecule has 2 aliphatic rings. The molecule has 0 unspecified atom stereocenters. The Labute approximate surface area is 75.5 Å². The van der Waals surface area contributed by atoms with Crippen molar-refractivity contribution in [3.63, 3.8) is 0 Å². The minimum atomic E-state index is 0.828. The summed E-state index contributed by atoms with van der Waals surface area (Å²) in [5.41, 5.74) is 0. The molecule has 0 saturated carbocycles. The first kappa shape index (κ1) is 8.52. The first-order valence-electron chi connectivity index (χ1n) is 5.11. The van der Waals surface area contributed by atoms with Crippen LogP contribution >= 0.6 is 0 Å². The average Bonchev–Trinajstić information content (AvgIpc) is 2.44. The molecule has 0 aromatic heterocycles. The number of hydrogen-bond acceptors (Lipinski definition) is 2. The van der Waals surface area contributed by atoms with Gasteiger partial charge in [0.25, 0.3) is 0 Å². The first-order chi connectivity index (χ1) is 5.66. The highest BCUT2D eigenvalue weighted by atomic mass is 15.3. The summed E-state index contributed by atoms with van der Waals surface area (Å²) < 4.78 is 0. The van der Waals surface area contributed by atoms with Gasteiger partial charge in [-0.2, -0.15) is 0 Å². The van der Waals surface area contributed by atoms with Crippen LogP contribution in [0.1, 0.15) is 20.3 Å². The second kappa shape index (κ2) is 3.00. The second-order valence-corrected chi connectivity index (χ2v) is 4.83. The van der Waals surface area contributed by atoms with Crippen molar-refractivity contribution < 1.29 is 0 Å². The van der Waals surface area contributed by atoms with Crippen LogP contribution in [-0.4, -0.2) is 48.6 Å². The molecule has 2 bridgehead atoms. The third kappa shape index (κ3) is 1.38. The lowest BCUT2D eigenvalue weighted by Gasteiger charge is -2.32. The van der Waals surface area contributed by atoms with Gasteiger partial charge >= 0.3 is 0 Å². The molecule has 2 saturated heterocycles. The number of piperazine rings is 1. The molecule has 2 atom stereocenters. The number of fused-ring (bicyclic) bond motifs is 2. The molecule has 2 rings (SSSR count). The van der Waals surface area contributed by atoms with E-state index in [0.717, 1.165) is 18.0 Å². The number of hydrogen-bond donors (Lipinski definition) is 0. The molecule has 2 nitrogen and oxygen atoms in total. The zero-order valence-corrected chi connectivity index (χ0v) is 8.45. The van der Waals surface area contributed by atoms with Gasteiger partial charge in [0.1, 0.15) is 0 Å². The van der Waals surface area contributed by atoms with Gasteiger partial charge in [0.2, 0.25) is 0 Å². The fourth-order valence-electron chi connectivity index (χ4n) is 2.64. The largest absolute Gasteiger partial charge is 0.301 e. The third-order valence-electron chi connectivity index (χ3n) is 3.23. The van der Waals surface area contributed by atoms with Crippen molar-refractivity contribution in [3.05, 3.63) is 0 Å². The van der Waals surface area contributed by atoms with Gasteiger partial charge in [-0.1, -0.05) is 13.8 Å². The number of likely N-dealkylation sites (N-methyl/N-ethyl adjacent to an activating group) is 1. The Morgan fingerprint density at radius 2 is 2.00 bits per heavy atom. The molecule has 2 aliphatic heterocycles. The van der Waals surface area contributed by atoms with Crippen LogP contribution in [-0.2, 0) is 0 Å². The zero-order chi connectivity index (χ0) is 8.72. The predicted molar refractivity (Wildman–Crippen MR) is 51.2 cm³/mol. The van der Waals surface area contributed by atoms with Crippen molar-refractivity contribution >= 4 is 0 Å². The number of nitrogens with zero attached hydrogens (tertiary/aromatic N) is 2. The van der Waals surface area contributed by atoms with Gasteiger partial charge in [-0.25, -0.2) is 0 Å². The van der Waals surface area contributed by atoms with Gasteiger partial charge in [0, 0.05) is 31.7 Å². The molecular formula is C10H20N2. The Bertz CT molecular complexity index is 165.